The zero-order valence-corrected chi connectivity index (χ0v) is 12.1. The maximum absolute atomic E-state index is 6.23. The second kappa shape index (κ2) is 5.20. The van der Waals surface area contributed by atoms with E-state index in [1.54, 1.807) is 12.5 Å². The Kier molecular flexibility index (Phi) is 3.40. The summed E-state index contributed by atoms with van der Waals surface area (Å²) >= 11 is 6.23. The highest BCUT2D eigenvalue weighted by Crippen LogP contribution is 2.23. The first-order chi connectivity index (χ1) is 9.66. The zero-order valence-electron chi connectivity index (χ0n) is 11.4. The van der Waals surface area contributed by atoms with Crippen LogP contribution in [0, 0.1) is 0 Å². The number of aryl methyl sites for hydroxylation is 3. The molecule has 0 radical (unpaired) electrons. The molecule has 0 aliphatic carbocycles. The average Bonchev–Trinajstić information content (AvgIpc) is 3.00. The molecule has 0 bridgehead atoms. The molecule has 104 valence electrons. The second-order valence-electron chi connectivity index (χ2n) is 4.69. The van der Waals surface area contributed by atoms with Crippen LogP contribution in [0.5, 0.6) is 0 Å². The summed E-state index contributed by atoms with van der Waals surface area (Å²) in [5.74, 6) is 1.76. The highest BCUT2D eigenvalue weighted by molar-refractivity contribution is 6.20. The fourth-order valence-corrected chi connectivity index (χ4v) is 2.41. The van der Waals surface area contributed by atoms with E-state index in [1.165, 1.54) is 0 Å². The standard InChI is InChI=1S/C13H15ClN6/c1-9(14)12-17-10-4-3-6-15-13(10)20(12)7-5-11-18-16-8-19(11)2/h3-4,6,8-9H,5,7H2,1-2H3. The van der Waals surface area contributed by atoms with E-state index in [1.807, 2.05) is 30.7 Å². The molecule has 0 aliphatic heterocycles. The van der Waals surface area contributed by atoms with Gasteiger partial charge >= 0.3 is 0 Å². The average molecular weight is 291 g/mol. The normalized spacial score (nSPS) is 12.9. The van der Waals surface area contributed by atoms with Gasteiger partial charge in [0.15, 0.2) is 5.65 Å². The largest absolute Gasteiger partial charge is 0.321 e. The Morgan fingerprint density at radius 3 is 2.95 bits per heavy atom. The van der Waals surface area contributed by atoms with Gasteiger partial charge in [0.25, 0.3) is 0 Å². The molecule has 0 aliphatic rings. The molecule has 1 atom stereocenters. The molecular formula is C13H15ClN6. The van der Waals surface area contributed by atoms with Crippen LogP contribution in [0.3, 0.4) is 0 Å². The van der Waals surface area contributed by atoms with Crippen LogP contribution >= 0.6 is 11.6 Å². The number of halogens is 1. The summed E-state index contributed by atoms with van der Waals surface area (Å²) in [4.78, 5) is 8.97. The lowest BCUT2D eigenvalue weighted by Gasteiger charge is -2.09. The Hall–Kier alpha value is -1.95. The molecule has 0 fully saturated rings. The number of fused-ring (bicyclic) bond motifs is 1. The minimum Gasteiger partial charge on any atom is -0.321 e. The first-order valence-corrected chi connectivity index (χ1v) is 6.88. The monoisotopic (exact) mass is 290 g/mol. The van der Waals surface area contributed by atoms with Gasteiger partial charge in [-0.15, -0.1) is 21.8 Å². The van der Waals surface area contributed by atoms with Crippen LogP contribution in [0.25, 0.3) is 11.2 Å². The van der Waals surface area contributed by atoms with Crippen LogP contribution in [0.2, 0.25) is 0 Å². The van der Waals surface area contributed by atoms with Gasteiger partial charge in [-0.25, -0.2) is 9.97 Å². The Bertz CT molecular complexity index is 729. The molecule has 0 saturated heterocycles. The Balaban J connectivity index is 1.97. The smallest absolute Gasteiger partial charge is 0.160 e. The van der Waals surface area contributed by atoms with E-state index in [9.17, 15) is 0 Å². The lowest BCUT2D eigenvalue weighted by Crippen LogP contribution is -2.10. The molecule has 0 spiro atoms. The summed E-state index contributed by atoms with van der Waals surface area (Å²) in [5.41, 5.74) is 1.73. The molecule has 3 aromatic rings. The molecule has 3 rings (SSSR count). The first-order valence-electron chi connectivity index (χ1n) is 6.45. The van der Waals surface area contributed by atoms with E-state index in [-0.39, 0.29) is 5.38 Å². The van der Waals surface area contributed by atoms with Crippen LogP contribution in [-0.2, 0) is 20.0 Å². The molecule has 7 heteroatoms. The van der Waals surface area contributed by atoms with E-state index in [2.05, 4.69) is 24.7 Å². The number of alkyl halides is 1. The van der Waals surface area contributed by atoms with E-state index in [0.717, 1.165) is 35.8 Å². The number of nitrogens with zero attached hydrogens (tertiary/aromatic N) is 6. The van der Waals surface area contributed by atoms with Gasteiger partial charge in [-0.3, -0.25) is 0 Å². The fourth-order valence-electron chi connectivity index (χ4n) is 2.25. The highest BCUT2D eigenvalue weighted by Gasteiger charge is 2.16. The van der Waals surface area contributed by atoms with Gasteiger partial charge in [0.2, 0.25) is 0 Å². The number of hydrogen-bond acceptors (Lipinski definition) is 4. The molecule has 3 heterocycles. The van der Waals surface area contributed by atoms with Gasteiger partial charge in [-0.05, 0) is 19.1 Å². The molecule has 0 aromatic carbocycles. The third-order valence-electron chi connectivity index (χ3n) is 3.25. The third-order valence-corrected chi connectivity index (χ3v) is 3.45. The van der Waals surface area contributed by atoms with Crippen molar-refractivity contribution in [2.75, 3.05) is 0 Å². The molecule has 0 N–H and O–H groups in total. The minimum atomic E-state index is -0.163. The summed E-state index contributed by atoms with van der Waals surface area (Å²) in [6, 6.07) is 3.83. The van der Waals surface area contributed by atoms with E-state index >= 15 is 0 Å². The summed E-state index contributed by atoms with van der Waals surface area (Å²) in [6.07, 6.45) is 4.23. The number of pyridine rings is 1. The number of imidazole rings is 1. The van der Waals surface area contributed by atoms with Crippen molar-refractivity contribution in [2.24, 2.45) is 7.05 Å². The maximum atomic E-state index is 6.23. The lowest BCUT2D eigenvalue weighted by atomic mass is 10.3. The van der Waals surface area contributed by atoms with Crippen molar-refractivity contribution in [3.63, 3.8) is 0 Å². The Morgan fingerprint density at radius 1 is 1.40 bits per heavy atom. The predicted octanol–water partition coefficient (Wildman–Crippen LogP) is 2.10. The van der Waals surface area contributed by atoms with E-state index < -0.39 is 0 Å². The summed E-state index contributed by atoms with van der Waals surface area (Å²) < 4.78 is 3.97. The van der Waals surface area contributed by atoms with Crippen molar-refractivity contribution in [1.29, 1.82) is 0 Å². The first kappa shape index (κ1) is 13.1. The highest BCUT2D eigenvalue weighted by atomic mass is 35.5. The molecule has 3 aromatic heterocycles. The van der Waals surface area contributed by atoms with Gasteiger partial charge in [0, 0.05) is 26.2 Å². The zero-order chi connectivity index (χ0) is 14.1. The number of aromatic nitrogens is 6. The quantitative estimate of drug-likeness (QED) is 0.690. The van der Waals surface area contributed by atoms with Gasteiger partial charge in [-0.1, -0.05) is 0 Å². The van der Waals surface area contributed by atoms with Crippen LogP contribution in [0.1, 0.15) is 23.9 Å². The van der Waals surface area contributed by atoms with Crippen molar-refractivity contribution in [2.45, 2.75) is 25.3 Å². The van der Waals surface area contributed by atoms with Crippen LogP contribution < -0.4 is 0 Å². The topological polar surface area (TPSA) is 61.4 Å². The predicted molar refractivity (Wildman–Crippen MR) is 76.5 cm³/mol. The minimum absolute atomic E-state index is 0.163. The van der Waals surface area contributed by atoms with Crippen molar-refractivity contribution in [3.8, 4) is 0 Å². The van der Waals surface area contributed by atoms with Crippen LogP contribution in [0.15, 0.2) is 24.7 Å². The molecule has 0 saturated carbocycles. The fraction of sp³-hybridized carbons (Fsp3) is 0.385. The Labute approximate surface area is 121 Å². The molecular weight excluding hydrogens is 276 g/mol. The van der Waals surface area contributed by atoms with Crippen LogP contribution in [-0.4, -0.2) is 29.3 Å². The third kappa shape index (κ3) is 2.27. The summed E-state index contributed by atoms with van der Waals surface area (Å²) in [6.45, 7) is 2.65. The van der Waals surface area contributed by atoms with E-state index in [0.29, 0.717) is 0 Å². The molecule has 6 nitrogen and oxygen atoms in total. The van der Waals surface area contributed by atoms with E-state index in [4.69, 9.17) is 11.6 Å². The van der Waals surface area contributed by atoms with Gasteiger partial charge in [0.05, 0.1) is 5.38 Å². The second-order valence-corrected chi connectivity index (χ2v) is 5.35. The SMILES string of the molecule is CC(Cl)c1nc2cccnc2n1CCc1nncn1C. The van der Waals surface area contributed by atoms with Crippen molar-refractivity contribution in [1.82, 2.24) is 29.3 Å². The van der Waals surface area contributed by atoms with Gasteiger partial charge in [0.1, 0.15) is 23.5 Å². The maximum Gasteiger partial charge on any atom is 0.160 e. The van der Waals surface area contributed by atoms with Crippen molar-refractivity contribution < 1.29 is 0 Å². The van der Waals surface area contributed by atoms with Crippen molar-refractivity contribution in [3.05, 3.63) is 36.3 Å². The summed E-state index contributed by atoms with van der Waals surface area (Å²) in [7, 11) is 1.94. The van der Waals surface area contributed by atoms with Gasteiger partial charge < -0.3 is 9.13 Å². The molecule has 1 unspecified atom stereocenters. The lowest BCUT2D eigenvalue weighted by molar-refractivity contribution is 0.629. The number of hydrogen-bond donors (Lipinski definition) is 0. The Morgan fingerprint density at radius 2 is 2.25 bits per heavy atom. The van der Waals surface area contributed by atoms with Gasteiger partial charge in [-0.2, -0.15) is 0 Å². The van der Waals surface area contributed by atoms with Crippen molar-refractivity contribution >= 4 is 22.8 Å². The molecule has 0 amide bonds. The summed E-state index contributed by atoms with van der Waals surface area (Å²) in [5, 5.41) is 7.82. The number of rotatable bonds is 4. The van der Waals surface area contributed by atoms with Crippen LogP contribution in [0.4, 0.5) is 0 Å². The molecule has 20 heavy (non-hydrogen) atoms.